The lowest BCUT2D eigenvalue weighted by Crippen LogP contribution is -2.48. The van der Waals surface area contributed by atoms with Gasteiger partial charge in [-0.25, -0.2) is 0 Å². The van der Waals surface area contributed by atoms with Crippen molar-refractivity contribution in [3.8, 4) is 0 Å². The maximum Gasteiger partial charge on any atom is 0.254 e. The van der Waals surface area contributed by atoms with Crippen molar-refractivity contribution in [1.82, 2.24) is 19.8 Å². The normalized spacial score (nSPS) is 15.3. The van der Waals surface area contributed by atoms with E-state index in [4.69, 9.17) is 4.98 Å². The molecule has 0 radical (unpaired) electrons. The van der Waals surface area contributed by atoms with E-state index in [9.17, 15) is 4.79 Å². The Kier molecular flexibility index (Phi) is 5.35. The van der Waals surface area contributed by atoms with Crippen LogP contribution in [0.2, 0.25) is 0 Å². The minimum Gasteiger partial charge on any atom is -0.336 e. The van der Waals surface area contributed by atoms with Crippen LogP contribution in [0.1, 0.15) is 41.4 Å². The number of hydrogen-bond donors (Lipinski definition) is 0. The summed E-state index contributed by atoms with van der Waals surface area (Å²) >= 11 is 0. The zero-order chi connectivity index (χ0) is 19.5. The standard InChI is InChI=1S/C23H26N4O/c1-17(2)22-14-20(19-7-3-4-8-21(19)25-22)23(28)27-12-10-26(11-13-27)16-18-6-5-9-24-15-18/h3-9,14-15,17H,10-13,16H2,1-2H3. The molecule has 0 bridgehead atoms. The first-order valence-corrected chi connectivity index (χ1v) is 9.92. The molecule has 2 aromatic heterocycles. The highest BCUT2D eigenvalue weighted by Crippen LogP contribution is 2.24. The predicted octanol–water partition coefficient (Wildman–Crippen LogP) is 3.71. The van der Waals surface area contributed by atoms with Crippen LogP contribution in [0.5, 0.6) is 0 Å². The smallest absolute Gasteiger partial charge is 0.254 e. The van der Waals surface area contributed by atoms with E-state index in [0.717, 1.165) is 54.9 Å². The molecule has 5 nitrogen and oxygen atoms in total. The Morgan fingerprint density at radius 3 is 2.57 bits per heavy atom. The van der Waals surface area contributed by atoms with Crippen molar-refractivity contribution in [2.24, 2.45) is 0 Å². The number of benzene rings is 1. The van der Waals surface area contributed by atoms with E-state index < -0.39 is 0 Å². The Morgan fingerprint density at radius 2 is 1.86 bits per heavy atom. The largest absolute Gasteiger partial charge is 0.336 e. The molecular weight excluding hydrogens is 348 g/mol. The maximum atomic E-state index is 13.3. The Morgan fingerprint density at radius 1 is 1.07 bits per heavy atom. The van der Waals surface area contributed by atoms with E-state index in [0.29, 0.717) is 0 Å². The van der Waals surface area contributed by atoms with Gasteiger partial charge in [0.1, 0.15) is 0 Å². The van der Waals surface area contributed by atoms with Crippen LogP contribution in [-0.2, 0) is 6.54 Å². The molecule has 1 amide bonds. The summed E-state index contributed by atoms with van der Waals surface area (Å²) in [6.07, 6.45) is 3.71. The van der Waals surface area contributed by atoms with Crippen LogP contribution in [0.4, 0.5) is 0 Å². The Balaban J connectivity index is 1.51. The van der Waals surface area contributed by atoms with Crippen molar-refractivity contribution in [2.45, 2.75) is 26.3 Å². The van der Waals surface area contributed by atoms with Gasteiger partial charge in [0.25, 0.3) is 5.91 Å². The first-order valence-electron chi connectivity index (χ1n) is 9.92. The first-order chi connectivity index (χ1) is 13.6. The highest BCUT2D eigenvalue weighted by atomic mass is 16.2. The summed E-state index contributed by atoms with van der Waals surface area (Å²) in [6, 6.07) is 14.0. The van der Waals surface area contributed by atoms with Crippen molar-refractivity contribution in [3.05, 3.63) is 71.7 Å². The van der Waals surface area contributed by atoms with Crippen molar-refractivity contribution in [3.63, 3.8) is 0 Å². The fraction of sp³-hybridized carbons (Fsp3) is 0.348. The topological polar surface area (TPSA) is 49.3 Å². The zero-order valence-electron chi connectivity index (χ0n) is 16.5. The molecule has 5 heteroatoms. The number of carbonyl (C=O) groups is 1. The first kappa shape index (κ1) is 18.6. The van der Waals surface area contributed by atoms with Gasteiger partial charge in [-0.3, -0.25) is 19.7 Å². The van der Waals surface area contributed by atoms with Crippen LogP contribution < -0.4 is 0 Å². The van der Waals surface area contributed by atoms with Crippen LogP contribution in [0.15, 0.2) is 54.9 Å². The number of hydrogen-bond acceptors (Lipinski definition) is 4. The average molecular weight is 374 g/mol. The summed E-state index contributed by atoms with van der Waals surface area (Å²) in [5.74, 6) is 0.397. The molecule has 1 fully saturated rings. The molecule has 1 aliphatic rings. The monoisotopic (exact) mass is 374 g/mol. The van der Waals surface area contributed by atoms with Gasteiger partial charge in [-0.15, -0.1) is 0 Å². The minimum atomic E-state index is 0.113. The fourth-order valence-corrected chi connectivity index (χ4v) is 3.70. The molecule has 28 heavy (non-hydrogen) atoms. The van der Waals surface area contributed by atoms with Gasteiger partial charge >= 0.3 is 0 Å². The van der Waals surface area contributed by atoms with Gasteiger partial charge in [0.05, 0.1) is 11.1 Å². The summed E-state index contributed by atoms with van der Waals surface area (Å²) in [7, 11) is 0. The summed E-state index contributed by atoms with van der Waals surface area (Å²) < 4.78 is 0. The number of fused-ring (bicyclic) bond motifs is 1. The van der Waals surface area contributed by atoms with Crippen LogP contribution in [0.25, 0.3) is 10.9 Å². The van der Waals surface area contributed by atoms with Gasteiger partial charge in [-0.2, -0.15) is 0 Å². The second-order valence-corrected chi connectivity index (χ2v) is 7.70. The lowest BCUT2D eigenvalue weighted by Gasteiger charge is -2.35. The second kappa shape index (κ2) is 8.07. The zero-order valence-corrected chi connectivity index (χ0v) is 16.5. The third-order valence-corrected chi connectivity index (χ3v) is 5.35. The quantitative estimate of drug-likeness (QED) is 0.698. The van der Waals surface area contributed by atoms with Crippen LogP contribution in [-0.4, -0.2) is 51.9 Å². The Bertz CT molecular complexity index is 963. The average Bonchev–Trinajstić information content (AvgIpc) is 2.73. The molecule has 0 atom stereocenters. The van der Waals surface area contributed by atoms with Crippen molar-refractivity contribution >= 4 is 16.8 Å². The van der Waals surface area contributed by atoms with E-state index in [1.807, 2.05) is 47.5 Å². The van der Waals surface area contributed by atoms with Gasteiger partial charge in [-0.1, -0.05) is 38.1 Å². The third kappa shape index (κ3) is 3.90. The highest BCUT2D eigenvalue weighted by Gasteiger charge is 2.24. The second-order valence-electron chi connectivity index (χ2n) is 7.70. The molecule has 0 aliphatic carbocycles. The molecule has 0 saturated carbocycles. The Labute approximate surface area is 166 Å². The molecule has 1 aliphatic heterocycles. The number of piperazine rings is 1. The predicted molar refractivity (Wildman–Crippen MR) is 111 cm³/mol. The van der Waals surface area contributed by atoms with Crippen molar-refractivity contribution in [2.75, 3.05) is 26.2 Å². The number of amides is 1. The molecule has 0 unspecified atom stereocenters. The number of aromatic nitrogens is 2. The number of para-hydroxylation sites is 1. The minimum absolute atomic E-state index is 0.113. The molecule has 144 valence electrons. The van der Waals surface area contributed by atoms with Crippen LogP contribution in [0, 0.1) is 0 Å². The van der Waals surface area contributed by atoms with E-state index in [2.05, 4.69) is 29.8 Å². The van der Waals surface area contributed by atoms with Gasteiger partial charge in [0.2, 0.25) is 0 Å². The van der Waals surface area contributed by atoms with Gasteiger partial charge in [0.15, 0.2) is 0 Å². The fourth-order valence-electron chi connectivity index (χ4n) is 3.70. The van der Waals surface area contributed by atoms with Gasteiger partial charge < -0.3 is 4.90 Å². The van der Waals surface area contributed by atoms with Gasteiger partial charge in [0, 0.05) is 56.2 Å². The van der Waals surface area contributed by atoms with E-state index in [1.165, 1.54) is 5.56 Å². The SMILES string of the molecule is CC(C)c1cc(C(=O)N2CCN(Cc3cccnc3)CC2)c2ccccc2n1. The Hall–Kier alpha value is -2.79. The number of nitrogens with zero attached hydrogens (tertiary/aromatic N) is 4. The van der Waals surface area contributed by atoms with Gasteiger partial charge in [-0.05, 0) is 29.7 Å². The molecule has 3 aromatic rings. The molecular formula is C23H26N4O. The third-order valence-electron chi connectivity index (χ3n) is 5.35. The molecule has 4 rings (SSSR count). The summed E-state index contributed by atoms with van der Waals surface area (Å²) in [5, 5.41) is 0.940. The van der Waals surface area contributed by atoms with E-state index >= 15 is 0 Å². The van der Waals surface area contributed by atoms with Crippen molar-refractivity contribution in [1.29, 1.82) is 0 Å². The summed E-state index contributed by atoms with van der Waals surface area (Å²) in [4.78, 5) is 26.6. The maximum absolute atomic E-state index is 13.3. The van der Waals surface area contributed by atoms with E-state index in [-0.39, 0.29) is 11.8 Å². The molecule has 0 spiro atoms. The molecule has 0 N–H and O–H groups in total. The van der Waals surface area contributed by atoms with E-state index in [1.54, 1.807) is 6.20 Å². The van der Waals surface area contributed by atoms with Crippen LogP contribution in [0.3, 0.4) is 0 Å². The van der Waals surface area contributed by atoms with Crippen molar-refractivity contribution < 1.29 is 4.79 Å². The van der Waals surface area contributed by atoms with Crippen LogP contribution >= 0.6 is 0 Å². The number of carbonyl (C=O) groups excluding carboxylic acids is 1. The lowest BCUT2D eigenvalue weighted by molar-refractivity contribution is 0.0630. The number of rotatable bonds is 4. The summed E-state index contributed by atoms with van der Waals surface area (Å²) in [6.45, 7) is 8.34. The molecule has 1 aromatic carbocycles. The number of pyridine rings is 2. The molecule has 3 heterocycles. The summed E-state index contributed by atoms with van der Waals surface area (Å²) in [5.41, 5.74) is 3.85. The lowest BCUT2D eigenvalue weighted by atomic mass is 10.0. The highest BCUT2D eigenvalue weighted by molar-refractivity contribution is 6.06. The molecule has 1 saturated heterocycles.